The molecule has 1 aliphatic rings. The quantitative estimate of drug-likeness (QED) is 0.675. The van der Waals surface area contributed by atoms with Crippen LogP contribution in [-0.4, -0.2) is 30.0 Å². The van der Waals surface area contributed by atoms with Gasteiger partial charge in [0.05, 0.1) is 18.8 Å². The Bertz CT molecular complexity index is 350. The molecular formula is C9H10N4. The zero-order valence-corrected chi connectivity index (χ0v) is 7.14. The fourth-order valence-electron chi connectivity index (χ4n) is 1.14. The predicted molar refractivity (Wildman–Crippen MR) is 53.4 cm³/mol. The lowest BCUT2D eigenvalue weighted by Crippen LogP contribution is -2.10. The number of rotatable bonds is 1. The van der Waals surface area contributed by atoms with E-state index in [1.807, 2.05) is 6.07 Å². The average Bonchev–Trinajstić information content (AvgIpc) is 2.20. The Morgan fingerprint density at radius 3 is 2.77 bits per heavy atom. The van der Waals surface area contributed by atoms with Gasteiger partial charge in [-0.15, -0.1) is 0 Å². The second kappa shape index (κ2) is 3.35. The number of nitrogens with two attached hydrogens (primary N) is 1. The van der Waals surface area contributed by atoms with Gasteiger partial charge in [0.15, 0.2) is 0 Å². The molecule has 0 radical (unpaired) electrons. The first-order chi connectivity index (χ1) is 6.36. The Balaban J connectivity index is 2.30. The predicted octanol–water partition coefficient (Wildman–Crippen LogP) is 0.537. The smallest absolute Gasteiger partial charge is 0.123 e. The van der Waals surface area contributed by atoms with E-state index in [1.54, 1.807) is 18.5 Å². The monoisotopic (exact) mass is 174 g/mol. The zero-order valence-electron chi connectivity index (χ0n) is 7.14. The van der Waals surface area contributed by atoms with Gasteiger partial charge < -0.3 is 5.73 Å². The molecule has 1 aromatic rings. The minimum atomic E-state index is 0.525. The summed E-state index contributed by atoms with van der Waals surface area (Å²) in [4.78, 5) is 12.4. The van der Waals surface area contributed by atoms with Crippen LogP contribution in [0.5, 0.6) is 0 Å². The van der Waals surface area contributed by atoms with E-state index < -0.39 is 0 Å². The van der Waals surface area contributed by atoms with Crippen molar-refractivity contribution in [2.75, 3.05) is 18.8 Å². The average molecular weight is 174 g/mol. The van der Waals surface area contributed by atoms with Crippen LogP contribution in [0.1, 0.15) is 5.56 Å². The van der Waals surface area contributed by atoms with Crippen molar-refractivity contribution in [3.63, 3.8) is 0 Å². The van der Waals surface area contributed by atoms with E-state index in [2.05, 4.69) is 15.0 Å². The normalized spacial score (nSPS) is 15.5. The molecule has 0 fully saturated rings. The van der Waals surface area contributed by atoms with Gasteiger partial charge in [0.1, 0.15) is 5.82 Å². The molecule has 0 saturated carbocycles. The molecule has 0 spiro atoms. The number of pyridine rings is 1. The molecule has 0 saturated heterocycles. The number of hydrogen-bond donors (Lipinski definition) is 1. The molecule has 0 aromatic carbocycles. The number of nitrogens with zero attached hydrogens (tertiary/aromatic N) is 3. The van der Waals surface area contributed by atoms with Gasteiger partial charge in [-0.3, -0.25) is 9.98 Å². The third kappa shape index (κ3) is 1.72. The largest absolute Gasteiger partial charge is 0.384 e. The summed E-state index contributed by atoms with van der Waals surface area (Å²) in [6.45, 7) is 1.54. The molecule has 2 N–H and O–H groups in total. The highest BCUT2D eigenvalue weighted by atomic mass is 14.9. The summed E-state index contributed by atoms with van der Waals surface area (Å²) in [5.74, 6) is 0.525. The maximum atomic E-state index is 5.47. The summed E-state index contributed by atoms with van der Waals surface area (Å²) in [5.41, 5.74) is 7.33. The van der Waals surface area contributed by atoms with Crippen molar-refractivity contribution in [3.8, 4) is 0 Å². The number of aromatic nitrogens is 1. The molecule has 1 aliphatic heterocycles. The van der Waals surface area contributed by atoms with Gasteiger partial charge in [0, 0.05) is 18.0 Å². The molecule has 4 heteroatoms. The van der Waals surface area contributed by atoms with Gasteiger partial charge >= 0.3 is 0 Å². The molecule has 0 amide bonds. The first-order valence-corrected chi connectivity index (χ1v) is 4.12. The first-order valence-electron chi connectivity index (χ1n) is 4.12. The van der Waals surface area contributed by atoms with Crippen LogP contribution < -0.4 is 5.73 Å². The topological polar surface area (TPSA) is 63.6 Å². The highest BCUT2D eigenvalue weighted by Crippen LogP contribution is 2.03. The van der Waals surface area contributed by atoms with E-state index in [1.165, 1.54) is 0 Å². The van der Waals surface area contributed by atoms with Crippen molar-refractivity contribution < 1.29 is 0 Å². The highest BCUT2D eigenvalue weighted by Gasteiger charge is 2.03. The lowest BCUT2D eigenvalue weighted by Gasteiger charge is -2.04. The Labute approximate surface area is 76.2 Å². The van der Waals surface area contributed by atoms with E-state index >= 15 is 0 Å². The summed E-state index contributed by atoms with van der Waals surface area (Å²) in [5, 5.41) is 0. The summed E-state index contributed by atoms with van der Waals surface area (Å²) < 4.78 is 0. The fraction of sp³-hybridized carbons (Fsp3) is 0.222. The minimum Gasteiger partial charge on any atom is -0.384 e. The van der Waals surface area contributed by atoms with Crippen LogP contribution in [0, 0.1) is 0 Å². The molecule has 0 unspecified atom stereocenters. The van der Waals surface area contributed by atoms with Gasteiger partial charge in [0.2, 0.25) is 0 Å². The summed E-state index contributed by atoms with van der Waals surface area (Å²) in [6.07, 6.45) is 3.49. The number of aliphatic imine (C=N–C) groups is 2. The summed E-state index contributed by atoms with van der Waals surface area (Å²) >= 11 is 0. The van der Waals surface area contributed by atoms with Crippen LogP contribution >= 0.6 is 0 Å². The molecule has 0 atom stereocenters. The highest BCUT2D eigenvalue weighted by molar-refractivity contribution is 6.38. The van der Waals surface area contributed by atoms with Gasteiger partial charge in [-0.1, -0.05) is 0 Å². The van der Waals surface area contributed by atoms with E-state index in [0.717, 1.165) is 24.4 Å². The van der Waals surface area contributed by atoms with Crippen LogP contribution in [0.15, 0.2) is 28.3 Å². The van der Waals surface area contributed by atoms with Crippen molar-refractivity contribution in [1.29, 1.82) is 0 Å². The maximum Gasteiger partial charge on any atom is 0.123 e. The molecule has 2 rings (SSSR count). The van der Waals surface area contributed by atoms with Crippen LogP contribution in [0.3, 0.4) is 0 Å². The molecule has 13 heavy (non-hydrogen) atoms. The Morgan fingerprint density at radius 2 is 2.15 bits per heavy atom. The molecule has 0 aliphatic carbocycles. The van der Waals surface area contributed by atoms with Crippen molar-refractivity contribution in [2.45, 2.75) is 0 Å². The molecule has 66 valence electrons. The SMILES string of the molecule is Nc1ccc(C2=NCCN=C2)cn1. The molecular weight excluding hydrogens is 164 g/mol. The van der Waals surface area contributed by atoms with Crippen molar-refractivity contribution >= 4 is 17.7 Å². The number of anilines is 1. The standard InChI is InChI=1S/C9H10N4/c10-9-2-1-7(5-13-9)8-6-11-3-4-12-8/h1-2,5-6H,3-4H2,(H2,10,13). The molecule has 2 heterocycles. The fourth-order valence-corrected chi connectivity index (χ4v) is 1.14. The zero-order chi connectivity index (χ0) is 9.10. The van der Waals surface area contributed by atoms with E-state index in [9.17, 15) is 0 Å². The van der Waals surface area contributed by atoms with Crippen LogP contribution in [0.25, 0.3) is 0 Å². The minimum absolute atomic E-state index is 0.525. The van der Waals surface area contributed by atoms with Gasteiger partial charge in [-0.2, -0.15) is 0 Å². The Kier molecular flexibility index (Phi) is 2.04. The summed E-state index contributed by atoms with van der Waals surface area (Å²) in [6, 6.07) is 3.67. The lowest BCUT2D eigenvalue weighted by atomic mass is 10.2. The second-order valence-corrected chi connectivity index (χ2v) is 2.77. The Hall–Kier alpha value is -1.71. The van der Waals surface area contributed by atoms with Crippen LogP contribution in [0.4, 0.5) is 5.82 Å². The van der Waals surface area contributed by atoms with Crippen molar-refractivity contribution in [2.24, 2.45) is 9.98 Å². The van der Waals surface area contributed by atoms with E-state index in [-0.39, 0.29) is 0 Å². The van der Waals surface area contributed by atoms with Crippen molar-refractivity contribution in [3.05, 3.63) is 23.9 Å². The third-order valence-electron chi connectivity index (χ3n) is 1.81. The number of hydrogen-bond acceptors (Lipinski definition) is 4. The maximum absolute atomic E-state index is 5.47. The van der Waals surface area contributed by atoms with Crippen LogP contribution in [-0.2, 0) is 0 Å². The van der Waals surface area contributed by atoms with Gasteiger partial charge in [-0.25, -0.2) is 4.98 Å². The van der Waals surface area contributed by atoms with E-state index in [0.29, 0.717) is 5.82 Å². The second-order valence-electron chi connectivity index (χ2n) is 2.77. The number of nitrogen functional groups attached to an aromatic ring is 1. The summed E-state index contributed by atoms with van der Waals surface area (Å²) in [7, 11) is 0. The Morgan fingerprint density at radius 1 is 1.23 bits per heavy atom. The van der Waals surface area contributed by atoms with Crippen molar-refractivity contribution in [1.82, 2.24) is 4.98 Å². The first kappa shape index (κ1) is 7.91. The molecule has 0 bridgehead atoms. The van der Waals surface area contributed by atoms with Gasteiger partial charge in [-0.05, 0) is 12.1 Å². The lowest BCUT2D eigenvalue weighted by molar-refractivity contribution is 0.970. The molecule has 4 nitrogen and oxygen atoms in total. The van der Waals surface area contributed by atoms with Crippen LogP contribution in [0.2, 0.25) is 0 Å². The van der Waals surface area contributed by atoms with Gasteiger partial charge in [0.25, 0.3) is 0 Å². The third-order valence-corrected chi connectivity index (χ3v) is 1.81. The van der Waals surface area contributed by atoms with E-state index in [4.69, 9.17) is 5.73 Å². The molecule has 1 aromatic heterocycles.